The highest BCUT2D eigenvalue weighted by Crippen LogP contribution is 2.36. The smallest absolute Gasteiger partial charge is 0.292 e. The van der Waals surface area contributed by atoms with Gasteiger partial charge in [0.2, 0.25) is 0 Å². The summed E-state index contributed by atoms with van der Waals surface area (Å²) in [4.78, 5) is 23.1. The van der Waals surface area contributed by atoms with Crippen molar-refractivity contribution in [2.45, 2.75) is 18.9 Å². The summed E-state index contributed by atoms with van der Waals surface area (Å²) < 4.78 is 6.87. The molecule has 8 nitrogen and oxygen atoms in total. The van der Waals surface area contributed by atoms with E-state index < -0.39 is 10.5 Å². The fourth-order valence-electron chi connectivity index (χ4n) is 3.32. The minimum atomic E-state index is -0.531. The third-order valence-electron chi connectivity index (χ3n) is 4.80. The maximum absolute atomic E-state index is 12.8. The lowest BCUT2D eigenvalue weighted by molar-refractivity contribution is -0.384. The minimum Gasteiger partial charge on any atom is -0.493 e. The average molecular weight is 447 g/mol. The van der Waals surface area contributed by atoms with Crippen LogP contribution in [0.2, 0.25) is 10.0 Å². The highest BCUT2D eigenvalue weighted by atomic mass is 35.5. The van der Waals surface area contributed by atoms with Crippen molar-refractivity contribution in [1.82, 2.24) is 9.78 Å². The van der Waals surface area contributed by atoms with Crippen molar-refractivity contribution in [3.05, 3.63) is 84.7 Å². The maximum atomic E-state index is 12.8. The molecule has 3 aromatic rings. The number of anilines is 1. The van der Waals surface area contributed by atoms with Gasteiger partial charge in [0.15, 0.2) is 0 Å². The molecule has 4 rings (SSSR count). The van der Waals surface area contributed by atoms with Gasteiger partial charge in [-0.25, -0.2) is 0 Å². The number of nitro benzene ring substituents is 1. The average Bonchev–Trinajstić information content (AvgIpc) is 2.93. The van der Waals surface area contributed by atoms with Crippen LogP contribution in [0, 0.1) is 10.1 Å². The Morgan fingerprint density at radius 2 is 1.97 bits per heavy atom. The van der Waals surface area contributed by atoms with Crippen LogP contribution in [0.3, 0.4) is 0 Å². The summed E-state index contributed by atoms with van der Waals surface area (Å²) in [6.45, 7) is 0.569. The number of halogens is 2. The van der Waals surface area contributed by atoms with Crippen molar-refractivity contribution in [1.29, 1.82) is 0 Å². The molecule has 30 heavy (non-hydrogen) atoms. The number of fused-ring (bicyclic) bond motifs is 1. The molecule has 1 aliphatic rings. The second-order valence-corrected chi connectivity index (χ2v) is 7.55. The van der Waals surface area contributed by atoms with Gasteiger partial charge in [-0.15, -0.1) is 0 Å². The molecular formula is C20H16Cl2N4O4. The van der Waals surface area contributed by atoms with Gasteiger partial charge in [0.25, 0.3) is 11.2 Å². The first-order valence-corrected chi connectivity index (χ1v) is 9.91. The third-order valence-corrected chi connectivity index (χ3v) is 5.40. The Kier molecular flexibility index (Phi) is 5.61. The van der Waals surface area contributed by atoms with Crippen molar-refractivity contribution in [2.75, 3.05) is 11.9 Å². The van der Waals surface area contributed by atoms with E-state index in [2.05, 4.69) is 10.4 Å². The molecule has 10 heteroatoms. The maximum Gasteiger partial charge on any atom is 0.292 e. The molecular weight excluding hydrogens is 431 g/mol. The quantitative estimate of drug-likeness (QED) is 0.457. The van der Waals surface area contributed by atoms with Gasteiger partial charge < -0.3 is 10.1 Å². The van der Waals surface area contributed by atoms with Crippen LogP contribution in [0.15, 0.2) is 53.5 Å². The first-order chi connectivity index (χ1) is 14.4. The second-order valence-electron chi connectivity index (χ2n) is 6.73. The van der Waals surface area contributed by atoms with E-state index in [4.69, 9.17) is 27.9 Å². The fraction of sp³-hybridized carbons (Fsp3) is 0.200. The van der Waals surface area contributed by atoms with Gasteiger partial charge in [0.1, 0.15) is 10.8 Å². The molecule has 0 fully saturated rings. The lowest BCUT2D eigenvalue weighted by Gasteiger charge is -2.20. The number of ether oxygens (including phenoxy) is 1. The Balaban J connectivity index is 1.65. The van der Waals surface area contributed by atoms with Crippen molar-refractivity contribution in [3.63, 3.8) is 0 Å². The van der Waals surface area contributed by atoms with Gasteiger partial charge in [0, 0.05) is 22.7 Å². The monoisotopic (exact) mass is 446 g/mol. The zero-order chi connectivity index (χ0) is 21.3. The van der Waals surface area contributed by atoms with Crippen LogP contribution < -0.4 is 15.6 Å². The molecule has 1 unspecified atom stereocenters. The first kappa shape index (κ1) is 20.2. The van der Waals surface area contributed by atoms with E-state index in [-0.39, 0.29) is 16.8 Å². The van der Waals surface area contributed by atoms with Gasteiger partial charge in [-0.3, -0.25) is 14.9 Å². The Bertz CT molecular complexity index is 1160. The Hall–Kier alpha value is -3.10. The molecule has 0 saturated carbocycles. The molecule has 1 aromatic heterocycles. The summed E-state index contributed by atoms with van der Waals surface area (Å²) in [7, 11) is 0. The number of nitrogens with zero attached hydrogens (tertiary/aromatic N) is 3. The highest BCUT2D eigenvalue weighted by Gasteiger charge is 2.22. The van der Waals surface area contributed by atoms with Crippen molar-refractivity contribution >= 4 is 34.6 Å². The van der Waals surface area contributed by atoms with Crippen LogP contribution >= 0.6 is 23.2 Å². The topological polar surface area (TPSA) is 99.3 Å². The van der Waals surface area contributed by atoms with Crippen LogP contribution in [0.5, 0.6) is 5.75 Å². The number of aromatic nitrogens is 2. The van der Waals surface area contributed by atoms with Gasteiger partial charge in [-0.2, -0.15) is 9.78 Å². The molecule has 0 aliphatic carbocycles. The highest BCUT2D eigenvalue weighted by molar-refractivity contribution is 6.33. The fourth-order valence-corrected chi connectivity index (χ4v) is 3.66. The van der Waals surface area contributed by atoms with Crippen LogP contribution in [0.25, 0.3) is 5.69 Å². The van der Waals surface area contributed by atoms with E-state index in [0.717, 1.165) is 23.1 Å². The Morgan fingerprint density at radius 3 is 2.70 bits per heavy atom. The van der Waals surface area contributed by atoms with E-state index in [0.29, 0.717) is 28.8 Å². The van der Waals surface area contributed by atoms with Gasteiger partial charge >= 0.3 is 0 Å². The van der Waals surface area contributed by atoms with Crippen LogP contribution in [-0.4, -0.2) is 21.3 Å². The van der Waals surface area contributed by atoms with Crippen LogP contribution in [0.4, 0.5) is 11.4 Å². The first-order valence-electron chi connectivity index (χ1n) is 9.15. The van der Waals surface area contributed by atoms with E-state index in [1.165, 1.54) is 30.5 Å². The number of nitro groups is 1. The third kappa shape index (κ3) is 3.96. The summed E-state index contributed by atoms with van der Waals surface area (Å²) in [5.41, 5.74) is 1.09. The van der Waals surface area contributed by atoms with Gasteiger partial charge in [0.05, 0.1) is 35.1 Å². The number of hydrogen-bond acceptors (Lipinski definition) is 6. The zero-order valence-corrected chi connectivity index (χ0v) is 17.1. The van der Waals surface area contributed by atoms with Gasteiger partial charge in [-0.1, -0.05) is 29.3 Å². The Morgan fingerprint density at radius 1 is 1.20 bits per heavy atom. The molecule has 1 aliphatic heterocycles. The minimum absolute atomic E-state index is 0.0240. The predicted molar refractivity (Wildman–Crippen MR) is 114 cm³/mol. The number of hydrogen-bond donors (Lipinski definition) is 1. The van der Waals surface area contributed by atoms with Crippen LogP contribution in [0.1, 0.15) is 24.4 Å². The zero-order valence-electron chi connectivity index (χ0n) is 15.5. The summed E-state index contributed by atoms with van der Waals surface area (Å²) in [6.07, 6.45) is 3.05. The summed E-state index contributed by atoms with van der Waals surface area (Å²) in [5.74, 6) is 0.695. The largest absolute Gasteiger partial charge is 0.493 e. The van der Waals surface area contributed by atoms with Gasteiger partial charge in [-0.05, 0) is 37.1 Å². The number of non-ortho nitro benzene ring substituents is 1. The molecule has 0 radical (unpaired) electrons. The van der Waals surface area contributed by atoms with E-state index in [9.17, 15) is 14.9 Å². The van der Waals surface area contributed by atoms with Crippen molar-refractivity contribution in [2.24, 2.45) is 0 Å². The second kappa shape index (κ2) is 8.33. The lowest BCUT2D eigenvalue weighted by atomic mass is 10.0. The van der Waals surface area contributed by atoms with E-state index >= 15 is 0 Å². The molecule has 154 valence electrons. The van der Waals surface area contributed by atoms with Crippen LogP contribution in [-0.2, 0) is 0 Å². The summed E-state index contributed by atoms with van der Waals surface area (Å²) >= 11 is 12.4. The summed E-state index contributed by atoms with van der Waals surface area (Å²) in [6, 6.07) is 10.8. The molecule has 0 amide bonds. The molecule has 0 spiro atoms. The number of nitrogens with one attached hydrogen (secondary N) is 1. The molecule has 0 bridgehead atoms. The molecule has 1 N–H and O–H groups in total. The molecule has 2 aromatic carbocycles. The predicted octanol–water partition coefficient (Wildman–Crippen LogP) is 4.77. The normalized spacial score (nSPS) is 15.6. The molecule has 1 atom stereocenters. The summed E-state index contributed by atoms with van der Waals surface area (Å²) in [5, 5.41) is 18.8. The van der Waals surface area contributed by atoms with Crippen molar-refractivity contribution in [3.8, 4) is 11.4 Å². The van der Waals surface area contributed by atoms with E-state index in [1.807, 2.05) is 6.07 Å². The SMILES string of the molecule is O=c1c(Cl)c(NC2CCCOc3cc(Cl)ccc32)cnn1-c1ccc([N+](=O)[O-])cc1. The standard InChI is InChI=1S/C20H16Cl2N4O4/c21-12-3-8-15-16(2-1-9-30-18(15)10-12)24-17-11-23-25(20(27)19(17)22)13-4-6-14(7-5-13)26(28)29/h3-8,10-11,16,24H,1-2,9H2. The lowest BCUT2D eigenvalue weighted by Crippen LogP contribution is -2.23. The molecule has 2 heterocycles. The Labute approximate surface area is 181 Å². The van der Waals surface area contributed by atoms with E-state index in [1.54, 1.807) is 12.1 Å². The number of benzene rings is 2. The van der Waals surface area contributed by atoms with Crippen molar-refractivity contribution < 1.29 is 9.66 Å². The molecule has 0 saturated heterocycles. The number of rotatable bonds is 4.